The Morgan fingerprint density at radius 1 is 1.29 bits per heavy atom. The van der Waals surface area contributed by atoms with E-state index in [2.05, 4.69) is 20.2 Å². The van der Waals surface area contributed by atoms with Gasteiger partial charge in [0.2, 0.25) is 17.6 Å². The van der Waals surface area contributed by atoms with Crippen LogP contribution >= 0.6 is 22.7 Å². The van der Waals surface area contributed by atoms with E-state index < -0.39 is 5.97 Å². The Bertz CT molecular complexity index is 839. The minimum Gasteiger partial charge on any atom is -0.465 e. The Hall–Kier alpha value is -2.52. The van der Waals surface area contributed by atoms with Gasteiger partial charge in [0.15, 0.2) is 0 Å². The van der Waals surface area contributed by atoms with Crippen molar-refractivity contribution < 1.29 is 18.8 Å². The van der Waals surface area contributed by atoms with Crippen molar-refractivity contribution in [3.63, 3.8) is 0 Å². The van der Waals surface area contributed by atoms with Gasteiger partial charge in [0.05, 0.1) is 17.7 Å². The summed E-state index contributed by atoms with van der Waals surface area (Å²) in [4.78, 5) is 29.2. The summed E-state index contributed by atoms with van der Waals surface area (Å²) in [7, 11) is 1.30. The Labute approximate surface area is 145 Å². The molecule has 0 atom stereocenters. The van der Waals surface area contributed by atoms with E-state index in [0.29, 0.717) is 28.7 Å². The van der Waals surface area contributed by atoms with Gasteiger partial charge in [0.1, 0.15) is 4.88 Å². The number of aromatic nitrogens is 2. The number of carbonyl (C=O) groups is 2. The monoisotopic (exact) mass is 363 g/mol. The van der Waals surface area contributed by atoms with Crippen molar-refractivity contribution in [2.24, 2.45) is 0 Å². The maximum atomic E-state index is 12.0. The highest BCUT2D eigenvalue weighted by atomic mass is 32.1. The van der Waals surface area contributed by atoms with E-state index in [0.717, 1.165) is 4.88 Å². The maximum absolute atomic E-state index is 12.0. The lowest BCUT2D eigenvalue weighted by Gasteiger charge is -2.04. The summed E-state index contributed by atoms with van der Waals surface area (Å²) in [6.45, 7) is 0. The van der Waals surface area contributed by atoms with Crippen molar-refractivity contribution in [2.45, 2.75) is 12.8 Å². The molecule has 124 valence electrons. The number of rotatable bonds is 6. The first-order valence-corrected chi connectivity index (χ1v) is 8.75. The third-order valence-corrected chi connectivity index (χ3v) is 4.85. The second-order valence-electron chi connectivity index (χ2n) is 4.69. The fraction of sp³-hybridized carbons (Fsp3) is 0.200. The molecule has 0 spiro atoms. The predicted molar refractivity (Wildman–Crippen MR) is 90.2 cm³/mol. The molecule has 3 aromatic rings. The van der Waals surface area contributed by atoms with Crippen molar-refractivity contribution in [3.05, 3.63) is 39.7 Å². The molecule has 0 saturated carbocycles. The molecule has 3 rings (SSSR count). The first-order chi connectivity index (χ1) is 11.7. The maximum Gasteiger partial charge on any atom is 0.350 e. The average Bonchev–Trinajstić information content (AvgIpc) is 3.32. The average molecular weight is 363 g/mol. The van der Waals surface area contributed by atoms with Crippen LogP contribution in [0, 0.1) is 0 Å². The number of amides is 1. The Kier molecular flexibility index (Phi) is 5.02. The van der Waals surface area contributed by atoms with Crippen molar-refractivity contribution in [1.82, 2.24) is 10.1 Å². The van der Waals surface area contributed by atoms with Gasteiger partial charge in [-0.25, -0.2) is 4.79 Å². The van der Waals surface area contributed by atoms with E-state index in [9.17, 15) is 9.59 Å². The number of nitrogens with one attached hydrogen (secondary N) is 1. The van der Waals surface area contributed by atoms with Crippen LogP contribution in [-0.2, 0) is 16.0 Å². The van der Waals surface area contributed by atoms with Gasteiger partial charge < -0.3 is 14.6 Å². The fourth-order valence-corrected chi connectivity index (χ4v) is 3.37. The summed E-state index contributed by atoms with van der Waals surface area (Å²) in [5.41, 5.74) is 0.446. The first kappa shape index (κ1) is 16.3. The Morgan fingerprint density at radius 3 is 2.92 bits per heavy atom. The van der Waals surface area contributed by atoms with Gasteiger partial charge in [-0.2, -0.15) is 4.98 Å². The normalized spacial score (nSPS) is 10.5. The molecule has 0 saturated heterocycles. The minimum absolute atomic E-state index is 0.169. The van der Waals surface area contributed by atoms with Gasteiger partial charge in [0, 0.05) is 12.8 Å². The number of methoxy groups -OCH3 is 1. The van der Waals surface area contributed by atoms with E-state index in [1.165, 1.54) is 29.8 Å². The summed E-state index contributed by atoms with van der Waals surface area (Å²) in [5.74, 6) is 0.200. The smallest absolute Gasteiger partial charge is 0.350 e. The van der Waals surface area contributed by atoms with E-state index in [4.69, 9.17) is 4.52 Å². The van der Waals surface area contributed by atoms with Gasteiger partial charge >= 0.3 is 5.97 Å². The molecule has 3 aromatic heterocycles. The van der Waals surface area contributed by atoms with E-state index in [-0.39, 0.29) is 12.3 Å². The van der Waals surface area contributed by atoms with Gasteiger partial charge in [0.25, 0.3) is 0 Å². The second kappa shape index (κ2) is 7.37. The fourth-order valence-electron chi connectivity index (χ4n) is 1.95. The van der Waals surface area contributed by atoms with Crippen LogP contribution in [-0.4, -0.2) is 29.1 Å². The van der Waals surface area contributed by atoms with Gasteiger partial charge in [-0.3, -0.25) is 4.79 Å². The highest BCUT2D eigenvalue weighted by Gasteiger charge is 2.16. The zero-order valence-corrected chi connectivity index (χ0v) is 14.3. The van der Waals surface area contributed by atoms with E-state index in [1.807, 2.05) is 17.5 Å². The number of esters is 1. The lowest BCUT2D eigenvalue weighted by atomic mass is 10.3. The van der Waals surface area contributed by atoms with E-state index >= 15 is 0 Å². The topological polar surface area (TPSA) is 94.3 Å². The molecule has 24 heavy (non-hydrogen) atoms. The van der Waals surface area contributed by atoms with Crippen molar-refractivity contribution in [1.29, 1.82) is 0 Å². The zero-order valence-electron chi connectivity index (χ0n) is 12.6. The highest BCUT2D eigenvalue weighted by molar-refractivity contribution is 7.13. The molecule has 0 fully saturated rings. The predicted octanol–water partition coefficient (Wildman–Crippen LogP) is 3.22. The molecular weight excluding hydrogens is 350 g/mol. The summed E-state index contributed by atoms with van der Waals surface area (Å²) < 4.78 is 9.82. The van der Waals surface area contributed by atoms with Crippen LogP contribution in [0.1, 0.15) is 22.0 Å². The molecule has 0 aliphatic carbocycles. The van der Waals surface area contributed by atoms with Crippen LogP contribution in [0.25, 0.3) is 10.7 Å². The molecule has 3 heterocycles. The van der Waals surface area contributed by atoms with Crippen molar-refractivity contribution in [3.8, 4) is 10.7 Å². The van der Waals surface area contributed by atoms with E-state index in [1.54, 1.807) is 11.4 Å². The summed E-state index contributed by atoms with van der Waals surface area (Å²) in [6.07, 6.45) is 0.491. The van der Waals surface area contributed by atoms with Crippen LogP contribution in [0.2, 0.25) is 0 Å². The summed E-state index contributed by atoms with van der Waals surface area (Å²) >= 11 is 2.73. The molecule has 0 radical (unpaired) electrons. The third-order valence-electron chi connectivity index (χ3n) is 3.09. The number of hydrogen-bond donors (Lipinski definition) is 1. The summed E-state index contributed by atoms with van der Waals surface area (Å²) in [6, 6.07) is 5.47. The van der Waals surface area contributed by atoms with Gasteiger partial charge in [-0.1, -0.05) is 11.2 Å². The molecule has 0 aliphatic heterocycles. The number of aryl methyl sites for hydroxylation is 1. The van der Waals surface area contributed by atoms with Crippen LogP contribution in [0.15, 0.2) is 33.5 Å². The molecule has 1 N–H and O–H groups in total. The number of ether oxygens (including phenoxy) is 1. The van der Waals surface area contributed by atoms with Gasteiger partial charge in [-0.15, -0.1) is 22.7 Å². The third kappa shape index (κ3) is 3.69. The molecule has 0 aliphatic rings. The first-order valence-electron chi connectivity index (χ1n) is 6.99. The lowest BCUT2D eigenvalue weighted by molar-refractivity contribution is -0.116. The van der Waals surface area contributed by atoms with Gasteiger partial charge in [-0.05, 0) is 22.9 Å². The Balaban J connectivity index is 1.57. The van der Waals surface area contributed by atoms with Crippen LogP contribution < -0.4 is 5.32 Å². The standard InChI is InChI=1S/C15H13N3O4S2/c1-21-15(20)13-9(6-8-24-13)16-11(19)4-5-12-17-14(18-22-12)10-3-2-7-23-10/h2-3,6-8H,4-5H2,1H3,(H,16,19). The number of thiophene rings is 2. The highest BCUT2D eigenvalue weighted by Crippen LogP contribution is 2.24. The van der Waals surface area contributed by atoms with Crippen molar-refractivity contribution in [2.75, 3.05) is 12.4 Å². The zero-order chi connectivity index (χ0) is 16.9. The minimum atomic E-state index is -0.474. The molecule has 9 heteroatoms. The van der Waals surface area contributed by atoms with Crippen molar-refractivity contribution >= 4 is 40.2 Å². The quantitative estimate of drug-likeness (QED) is 0.676. The molecule has 0 bridgehead atoms. The number of carbonyl (C=O) groups excluding carboxylic acids is 2. The molecule has 7 nitrogen and oxygen atoms in total. The SMILES string of the molecule is COC(=O)c1sccc1NC(=O)CCc1nc(-c2cccs2)no1. The number of hydrogen-bond acceptors (Lipinski definition) is 8. The lowest BCUT2D eigenvalue weighted by Crippen LogP contribution is -2.14. The number of nitrogens with zero attached hydrogens (tertiary/aromatic N) is 2. The molecule has 1 amide bonds. The van der Waals surface area contributed by atoms with Crippen LogP contribution in [0.3, 0.4) is 0 Å². The Morgan fingerprint density at radius 2 is 2.17 bits per heavy atom. The molecular formula is C15H13N3O4S2. The molecule has 0 unspecified atom stereocenters. The van der Waals surface area contributed by atoms with Crippen LogP contribution in [0.4, 0.5) is 5.69 Å². The largest absolute Gasteiger partial charge is 0.465 e. The van der Waals surface area contributed by atoms with Crippen LogP contribution in [0.5, 0.6) is 0 Å². The number of anilines is 1. The molecule has 0 aromatic carbocycles. The summed E-state index contributed by atoms with van der Waals surface area (Å²) in [5, 5.41) is 10.2. The second-order valence-corrected chi connectivity index (χ2v) is 6.56.